The zero-order valence-electron chi connectivity index (χ0n) is 13.3. The van der Waals surface area contributed by atoms with Crippen LogP contribution in [0.3, 0.4) is 0 Å². The first-order chi connectivity index (χ1) is 9.34. The summed E-state index contributed by atoms with van der Waals surface area (Å²) >= 11 is 0. The molecule has 4 nitrogen and oxygen atoms in total. The second kappa shape index (κ2) is 8.90. The molecule has 0 atom stereocenters. The van der Waals surface area contributed by atoms with Gasteiger partial charge in [0, 0.05) is 17.6 Å². The summed E-state index contributed by atoms with van der Waals surface area (Å²) in [6.45, 7) is 9.22. The van der Waals surface area contributed by atoms with Gasteiger partial charge in [0.15, 0.2) is 0 Å². The molecule has 0 aliphatic carbocycles. The van der Waals surface area contributed by atoms with E-state index in [2.05, 4.69) is 19.2 Å². The number of rotatable bonds is 7. The largest absolute Gasteiger partial charge is 0.494 e. The molecule has 0 saturated heterocycles. The maximum Gasteiger partial charge on any atom is 0.251 e. The minimum atomic E-state index is -0.399. The van der Waals surface area contributed by atoms with Gasteiger partial charge in [0.2, 0.25) is 0 Å². The Balaban J connectivity index is 0.00000400. The van der Waals surface area contributed by atoms with Crippen LogP contribution < -0.4 is 15.8 Å². The predicted molar refractivity (Wildman–Crippen MR) is 89.2 cm³/mol. The van der Waals surface area contributed by atoms with Crippen molar-refractivity contribution in [3.63, 3.8) is 0 Å². The summed E-state index contributed by atoms with van der Waals surface area (Å²) in [5.74, 6) is 1.30. The molecule has 120 valence electrons. The van der Waals surface area contributed by atoms with Gasteiger partial charge in [-0.2, -0.15) is 0 Å². The normalized spacial score (nSPS) is 11.0. The van der Waals surface area contributed by atoms with Crippen LogP contribution in [0.25, 0.3) is 0 Å². The third kappa shape index (κ3) is 7.34. The van der Waals surface area contributed by atoms with Crippen LogP contribution in [0.4, 0.5) is 0 Å². The summed E-state index contributed by atoms with van der Waals surface area (Å²) in [5, 5.41) is 2.90. The summed E-state index contributed by atoms with van der Waals surface area (Å²) in [4.78, 5) is 12.0. The average Bonchev–Trinajstić information content (AvgIpc) is 2.38. The van der Waals surface area contributed by atoms with Crippen molar-refractivity contribution in [2.45, 2.75) is 39.7 Å². The van der Waals surface area contributed by atoms with Gasteiger partial charge in [0.05, 0.1) is 6.61 Å². The molecule has 0 saturated carbocycles. The van der Waals surface area contributed by atoms with E-state index in [9.17, 15) is 4.79 Å². The van der Waals surface area contributed by atoms with Gasteiger partial charge in [-0.1, -0.05) is 13.8 Å². The van der Waals surface area contributed by atoms with E-state index < -0.39 is 5.54 Å². The van der Waals surface area contributed by atoms with Gasteiger partial charge in [0.1, 0.15) is 5.75 Å². The number of halogens is 1. The maximum atomic E-state index is 12.0. The minimum absolute atomic E-state index is 0. The van der Waals surface area contributed by atoms with Crippen molar-refractivity contribution >= 4 is 18.3 Å². The van der Waals surface area contributed by atoms with E-state index in [0.717, 1.165) is 12.2 Å². The molecule has 21 heavy (non-hydrogen) atoms. The van der Waals surface area contributed by atoms with Gasteiger partial charge < -0.3 is 15.8 Å². The van der Waals surface area contributed by atoms with E-state index in [0.29, 0.717) is 24.6 Å². The molecule has 0 radical (unpaired) electrons. The van der Waals surface area contributed by atoms with Crippen molar-refractivity contribution in [3.8, 4) is 5.75 Å². The predicted octanol–water partition coefficient (Wildman–Crippen LogP) is 3.00. The van der Waals surface area contributed by atoms with Gasteiger partial charge in [-0.25, -0.2) is 0 Å². The van der Waals surface area contributed by atoms with E-state index in [-0.39, 0.29) is 18.3 Å². The van der Waals surface area contributed by atoms with Crippen LogP contribution in [0.5, 0.6) is 5.75 Å². The smallest absolute Gasteiger partial charge is 0.251 e. The minimum Gasteiger partial charge on any atom is -0.494 e. The quantitative estimate of drug-likeness (QED) is 0.813. The fourth-order valence-corrected chi connectivity index (χ4v) is 1.55. The summed E-state index contributed by atoms with van der Waals surface area (Å²) in [7, 11) is 0. The van der Waals surface area contributed by atoms with E-state index in [1.54, 1.807) is 12.1 Å². The zero-order valence-corrected chi connectivity index (χ0v) is 14.1. The molecule has 0 aliphatic rings. The summed E-state index contributed by atoms with van der Waals surface area (Å²) in [5.41, 5.74) is 5.82. The molecule has 0 heterocycles. The van der Waals surface area contributed by atoms with Crippen LogP contribution in [0.2, 0.25) is 0 Å². The summed E-state index contributed by atoms with van der Waals surface area (Å²) < 4.78 is 5.62. The highest BCUT2D eigenvalue weighted by molar-refractivity contribution is 5.94. The lowest BCUT2D eigenvalue weighted by atomic mass is 10.1. The Bertz CT molecular complexity index is 430. The number of amides is 1. The molecule has 0 aliphatic heterocycles. The second-order valence-corrected chi connectivity index (χ2v) is 6.10. The standard InChI is InChI=1S/C16H26N2O2.ClH/c1-12(2)9-10-20-14-7-5-13(6-8-14)15(19)18-16(3,4)11-17;/h5-8,12H,9-11,17H2,1-4H3,(H,18,19);1H. The third-order valence-electron chi connectivity index (χ3n) is 3.04. The van der Waals surface area contributed by atoms with Crippen molar-refractivity contribution in [3.05, 3.63) is 29.8 Å². The molecule has 1 amide bonds. The van der Waals surface area contributed by atoms with Crippen molar-refractivity contribution in [1.29, 1.82) is 0 Å². The zero-order chi connectivity index (χ0) is 15.2. The summed E-state index contributed by atoms with van der Waals surface area (Å²) in [6, 6.07) is 7.19. The number of benzene rings is 1. The fraction of sp³-hybridized carbons (Fsp3) is 0.562. The number of hydrogen-bond donors (Lipinski definition) is 2. The number of ether oxygens (including phenoxy) is 1. The Kier molecular flexibility index (Phi) is 8.37. The molecule has 0 bridgehead atoms. The number of hydrogen-bond acceptors (Lipinski definition) is 3. The highest BCUT2D eigenvalue weighted by Crippen LogP contribution is 2.14. The Morgan fingerprint density at radius 2 is 1.86 bits per heavy atom. The molecule has 1 rings (SSSR count). The fourth-order valence-electron chi connectivity index (χ4n) is 1.55. The molecule has 1 aromatic rings. The van der Waals surface area contributed by atoms with Gasteiger partial charge in [-0.15, -0.1) is 12.4 Å². The molecule has 0 fully saturated rings. The van der Waals surface area contributed by atoms with E-state index in [1.807, 2.05) is 26.0 Å². The van der Waals surface area contributed by atoms with Crippen molar-refractivity contribution in [1.82, 2.24) is 5.32 Å². The molecular weight excluding hydrogens is 288 g/mol. The Morgan fingerprint density at radius 1 is 1.29 bits per heavy atom. The Morgan fingerprint density at radius 3 is 2.33 bits per heavy atom. The molecular formula is C16H27ClN2O2. The van der Waals surface area contributed by atoms with Crippen LogP contribution in [-0.4, -0.2) is 24.6 Å². The highest BCUT2D eigenvalue weighted by Gasteiger charge is 2.19. The van der Waals surface area contributed by atoms with Crippen molar-refractivity contribution in [2.75, 3.05) is 13.2 Å². The lowest BCUT2D eigenvalue weighted by Crippen LogP contribution is -2.48. The van der Waals surface area contributed by atoms with Crippen LogP contribution in [-0.2, 0) is 0 Å². The molecule has 0 unspecified atom stereocenters. The van der Waals surface area contributed by atoms with Gasteiger partial charge in [-0.05, 0) is 50.5 Å². The number of carbonyl (C=O) groups excluding carboxylic acids is 1. The second-order valence-electron chi connectivity index (χ2n) is 6.10. The van der Waals surface area contributed by atoms with Gasteiger partial charge in [0.25, 0.3) is 5.91 Å². The van der Waals surface area contributed by atoms with Crippen molar-refractivity contribution in [2.24, 2.45) is 11.7 Å². The third-order valence-corrected chi connectivity index (χ3v) is 3.04. The SMILES string of the molecule is CC(C)CCOc1ccc(C(=O)NC(C)(C)CN)cc1.Cl. The molecule has 0 aromatic heterocycles. The molecule has 3 N–H and O–H groups in total. The van der Waals surface area contributed by atoms with Crippen LogP contribution in [0, 0.1) is 5.92 Å². The lowest BCUT2D eigenvalue weighted by Gasteiger charge is -2.24. The topological polar surface area (TPSA) is 64.3 Å². The van der Waals surface area contributed by atoms with Gasteiger partial charge >= 0.3 is 0 Å². The molecule has 1 aromatic carbocycles. The van der Waals surface area contributed by atoms with E-state index in [4.69, 9.17) is 10.5 Å². The first kappa shape index (κ1) is 19.7. The van der Waals surface area contributed by atoms with Crippen LogP contribution >= 0.6 is 12.4 Å². The molecule has 5 heteroatoms. The van der Waals surface area contributed by atoms with Gasteiger partial charge in [-0.3, -0.25) is 4.79 Å². The summed E-state index contributed by atoms with van der Waals surface area (Å²) in [6.07, 6.45) is 1.02. The lowest BCUT2D eigenvalue weighted by molar-refractivity contribution is 0.0915. The number of nitrogens with two attached hydrogens (primary N) is 1. The first-order valence-corrected chi connectivity index (χ1v) is 7.09. The van der Waals surface area contributed by atoms with Crippen LogP contribution in [0.1, 0.15) is 44.5 Å². The maximum absolute atomic E-state index is 12.0. The molecule has 0 spiro atoms. The Labute approximate surface area is 133 Å². The number of carbonyl (C=O) groups is 1. The van der Waals surface area contributed by atoms with E-state index in [1.165, 1.54) is 0 Å². The number of nitrogens with one attached hydrogen (secondary N) is 1. The van der Waals surface area contributed by atoms with E-state index >= 15 is 0 Å². The highest BCUT2D eigenvalue weighted by atomic mass is 35.5. The van der Waals surface area contributed by atoms with Crippen molar-refractivity contribution < 1.29 is 9.53 Å². The first-order valence-electron chi connectivity index (χ1n) is 7.09. The van der Waals surface area contributed by atoms with Crippen LogP contribution in [0.15, 0.2) is 24.3 Å². The Hall–Kier alpha value is -1.26. The monoisotopic (exact) mass is 314 g/mol. The average molecular weight is 315 g/mol.